The minimum Gasteiger partial charge on any atom is -0.399 e. The molecule has 0 aliphatic heterocycles. The third kappa shape index (κ3) is 2.17. The lowest BCUT2D eigenvalue weighted by Gasteiger charge is -1.99. The lowest BCUT2D eigenvalue weighted by molar-refractivity contribution is 0.781. The zero-order chi connectivity index (χ0) is 11.7. The number of halogens is 1. The minimum absolute atomic E-state index is 0.317. The fraction of sp³-hybridized carbons (Fsp3) is 0.273. The maximum Gasteiger partial charge on any atom is 0.181 e. The molecule has 0 fully saturated rings. The van der Waals surface area contributed by atoms with E-state index in [1.807, 2.05) is 0 Å². The van der Waals surface area contributed by atoms with Crippen molar-refractivity contribution in [2.45, 2.75) is 19.8 Å². The first-order chi connectivity index (χ1) is 7.56. The lowest BCUT2D eigenvalue weighted by atomic mass is 10.2. The number of aromatic amines is 1. The third-order valence-corrected chi connectivity index (χ3v) is 2.45. The van der Waals surface area contributed by atoms with Gasteiger partial charge in [0.25, 0.3) is 0 Å². The van der Waals surface area contributed by atoms with Gasteiger partial charge in [0.05, 0.1) is 0 Å². The van der Waals surface area contributed by atoms with Crippen LogP contribution >= 0.6 is 11.6 Å². The van der Waals surface area contributed by atoms with Gasteiger partial charge in [0.1, 0.15) is 5.82 Å². The van der Waals surface area contributed by atoms with Crippen molar-refractivity contribution in [3.8, 4) is 11.4 Å². The van der Waals surface area contributed by atoms with Gasteiger partial charge in [-0.3, -0.25) is 5.10 Å². The summed E-state index contributed by atoms with van der Waals surface area (Å²) in [6.07, 6.45) is 0. The Labute approximate surface area is 98.8 Å². The van der Waals surface area contributed by atoms with Crippen LogP contribution in [0.15, 0.2) is 18.2 Å². The first-order valence-electron chi connectivity index (χ1n) is 5.05. The van der Waals surface area contributed by atoms with Gasteiger partial charge in [-0.2, -0.15) is 5.10 Å². The number of nitrogens with two attached hydrogens (primary N) is 1. The molecule has 0 atom stereocenters. The van der Waals surface area contributed by atoms with Crippen molar-refractivity contribution >= 4 is 17.3 Å². The molecular weight excluding hydrogens is 224 g/mol. The molecule has 0 aliphatic carbocycles. The number of nitrogen functional groups attached to an aromatic ring is 1. The number of hydrogen-bond acceptors (Lipinski definition) is 3. The van der Waals surface area contributed by atoms with E-state index in [1.165, 1.54) is 0 Å². The number of hydrogen-bond donors (Lipinski definition) is 2. The van der Waals surface area contributed by atoms with E-state index >= 15 is 0 Å². The molecule has 0 aliphatic rings. The standard InChI is InChI=1S/C11H13ClN4/c1-6(2)10-14-11(16-15-10)7-3-8(12)5-9(13)4-7/h3-6H,13H2,1-2H3,(H,14,15,16). The number of nitrogens with one attached hydrogen (secondary N) is 1. The molecule has 0 unspecified atom stereocenters. The third-order valence-electron chi connectivity index (χ3n) is 2.23. The quantitative estimate of drug-likeness (QED) is 0.788. The molecule has 2 rings (SSSR count). The Morgan fingerprint density at radius 1 is 1.31 bits per heavy atom. The Bertz CT molecular complexity index is 484. The molecule has 1 heterocycles. The highest BCUT2D eigenvalue weighted by molar-refractivity contribution is 6.31. The largest absolute Gasteiger partial charge is 0.399 e. The van der Waals surface area contributed by atoms with Crippen LogP contribution in [0.4, 0.5) is 5.69 Å². The van der Waals surface area contributed by atoms with Crippen LogP contribution in [0.25, 0.3) is 11.4 Å². The summed E-state index contributed by atoms with van der Waals surface area (Å²) in [5, 5.41) is 7.63. The topological polar surface area (TPSA) is 67.6 Å². The van der Waals surface area contributed by atoms with E-state index in [0.29, 0.717) is 22.5 Å². The predicted molar refractivity (Wildman–Crippen MR) is 65.3 cm³/mol. The van der Waals surface area contributed by atoms with E-state index in [1.54, 1.807) is 18.2 Å². The zero-order valence-electron chi connectivity index (χ0n) is 9.16. The molecule has 0 amide bonds. The van der Waals surface area contributed by atoms with E-state index in [0.717, 1.165) is 11.4 Å². The molecule has 3 N–H and O–H groups in total. The van der Waals surface area contributed by atoms with E-state index in [4.69, 9.17) is 17.3 Å². The van der Waals surface area contributed by atoms with Gasteiger partial charge in [-0.15, -0.1) is 0 Å². The fourth-order valence-electron chi connectivity index (χ4n) is 1.40. The van der Waals surface area contributed by atoms with Crippen LogP contribution in [0, 0.1) is 0 Å². The van der Waals surface area contributed by atoms with Crippen LogP contribution in [0.1, 0.15) is 25.6 Å². The summed E-state index contributed by atoms with van der Waals surface area (Å²) in [7, 11) is 0. The molecule has 84 valence electrons. The van der Waals surface area contributed by atoms with Gasteiger partial charge in [0.15, 0.2) is 5.82 Å². The molecule has 1 aromatic heterocycles. The molecular formula is C11H13ClN4. The average Bonchev–Trinajstić information content (AvgIpc) is 2.64. The summed E-state index contributed by atoms with van der Waals surface area (Å²) in [5.41, 5.74) is 7.15. The Hall–Kier alpha value is -1.55. The lowest BCUT2D eigenvalue weighted by Crippen LogP contribution is -1.90. The van der Waals surface area contributed by atoms with Crippen LogP contribution in [-0.4, -0.2) is 15.2 Å². The number of anilines is 1. The second kappa shape index (κ2) is 4.14. The van der Waals surface area contributed by atoms with Gasteiger partial charge in [-0.05, 0) is 18.2 Å². The fourth-order valence-corrected chi connectivity index (χ4v) is 1.65. The number of aromatic nitrogens is 3. The predicted octanol–water partition coefficient (Wildman–Crippen LogP) is 2.83. The van der Waals surface area contributed by atoms with E-state index < -0.39 is 0 Å². The molecule has 2 aromatic rings. The van der Waals surface area contributed by atoms with Gasteiger partial charge in [-0.25, -0.2) is 4.98 Å². The summed E-state index contributed by atoms with van der Waals surface area (Å²) in [4.78, 5) is 4.38. The summed E-state index contributed by atoms with van der Waals surface area (Å²) in [5.74, 6) is 1.80. The molecule has 4 nitrogen and oxygen atoms in total. The summed E-state index contributed by atoms with van der Waals surface area (Å²) >= 11 is 5.92. The zero-order valence-corrected chi connectivity index (χ0v) is 9.92. The highest BCUT2D eigenvalue weighted by Crippen LogP contribution is 2.24. The number of rotatable bonds is 2. The molecule has 0 spiro atoms. The molecule has 1 aromatic carbocycles. The Morgan fingerprint density at radius 2 is 2.06 bits per heavy atom. The van der Waals surface area contributed by atoms with Crippen LogP contribution in [0.2, 0.25) is 5.02 Å². The van der Waals surface area contributed by atoms with Crippen molar-refractivity contribution in [2.75, 3.05) is 5.73 Å². The SMILES string of the molecule is CC(C)c1nc(-c2cc(N)cc(Cl)c2)n[nH]1. The Balaban J connectivity index is 2.42. The first kappa shape index (κ1) is 11.0. The van der Waals surface area contributed by atoms with Gasteiger partial charge in [0, 0.05) is 22.2 Å². The van der Waals surface area contributed by atoms with Crippen LogP contribution in [-0.2, 0) is 0 Å². The molecule has 0 saturated carbocycles. The van der Waals surface area contributed by atoms with Crippen molar-refractivity contribution < 1.29 is 0 Å². The monoisotopic (exact) mass is 236 g/mol. The second-order valence-corrected chi connectivity index (χ2v) is 4.41. The second-order valence-electron chi connectivity index (χ2n) is 3.97. The van der Waals surface area contributed by atoms with Crippen molar-refractivity contribution in [3.05, 3.63) is 29.0 Å². The van der Waals surface area contributed by atoms with Crippen LogP contribution < -0.4 is 5.73 Å². The number of H-pyrrole nitrogens is 1. The van der Waals surface area contributed by atoms with Crippen molar-refractivity contribution in [1.82, 2.24) is 15.2 Å². The molecule has 0 saturated heterocycles. The maximum atomic E-state index is 5.92. The van der Waals surface area contributed by atoms with Crippen LogP contribution in [0.3, 0.4) is 0 Å². The summed E-state index contributed by atoms with van der Waals surface area (Å²) in [6.45, 7) is 4.10. The van der Waals surface area contributed by atoms with Crippen molar-refractivity contribution in [2.24, 2.45) is 0 Å². The summed E-state index contributed by atoms with van der Waals surface area (Å²) in [6, 6.07) is 5.30. The average molecular weight is 237 g/mol. The van der Waals surface area contributed by atoms with Gasteiger partial charge in [0.2, 0.25) is 0 Å². The Morgan fingerprint density at radius 3 is 2.62 bits per heavy atom. The maximum absolute atomic E-state index is 5.92. The van der Waals surface area contributed by atoms with E-state index in [-0.39, 0.29) is 0 Å². The highest BCUT2D eigenvalue weighted by Gasteiger charge is 2.09. The Kier molecular flexibility index (Phi) is 2.83. The van der Waals surface area contributed by atoms with Gasteiger partial charge in [-0.1, -0.05) is 25.4 Å². The van der Waals surface area contributed by atoms with E-state index in [9.17, 15) is 0 Å². The van der Waals surface area contributed by atoms with Gasteiger partial charge < -0.3 is 5.73 Å². The molecule has 5 heteroatoms. The smallest absolute Gasteiger partial charge is 0.181 e. The van der Waals surface area contributed by atoms with E-state index in [2.05, 4.69) is 29.0 Å². The number of benzene rings is 1. The van der Waals surface area contributed by atoms with Crippen LogP contribution in [0.5, 0.6) is 0 Å². The minimum atomic E-state index is 0.317. The van der Waals surface area contributed by atoms with Gasteiger partial charge >= 0.3 is 0 Å². The molecule has 0 bridgehead atoms. The summed E-state index contributed by atoms with van der Waals surface area (Å²) < 4.78 is 0. The molecule has 16 heavy (non-hydrogen) atoms. The van der Waals surface area contributed by atoms with Crippen molar-refractivity contribution in [3.63, 3.8) is 0 Å². The first-order valence-corrected chi connectivity index (χ1v) is 5.43. The normalized spacial score (nSPS) is 11.0. The van der Waals surface area contributed by atoms with Crippen molar-refractivity contribution in [1.29, 1.82) is 0 Å². The molecule has 0 radical (unpaired) electrons. The highest BCUT2D eigenvalue weighted by atomic mass is 35.5. The number of nitrogens with zero attached hydrogens (tertiary/aromatic N) is 2.